The molecule has 0 radical (unpaired) electrons. The van der Waals surface area contributed by atoms with Crippen molar-refractivity contribution in [2.75, 3.05) is 11.9 Å². The summed E-state index contributed by atoms with van der Waals surface area (Å²) < 4.78 is 6.25. The molecule has 0 fully saturated rings. The van der Waals surface area contributed by atoms with Gasteiger partial charge >= 0.3 is 0 Å². The van der Waals surface area contributed by atoms with Crippen molar-refractivity contribution in [1.29, 1.82) is 0 Å². The maximum Gasteiger partial charge on any atom is 0.185 e. The van der Waals surface area contributed by atoms with Gasteiger partial charge in [-0.3, -0.25) is 4.79 Å². The third-order valence-corrected chi connectivity index (χ3v) is 5.58. The third-order valence-electron chi connectivity index (χ3n) is 5.58. The van der Waals surface area contributed by atoms with E-state index in [1.54, 1.807) is 6.07 Å². The molecule has 29 heavy (non-hydrogen) atoms. The molecule has 0 saturated carbocycles. The fourth-order valence-corrected chi connectivity index (χ4v) is 4.08. The number of hydrogen-bond donors (Lipinski definition) is 1. The fraction of sp³-hybridized carbons (Fsp3) is 0.269. The van der Waals surface area contributed by atoms with Crippen molar-refractivity contribution in [3.63, 3.8) is 0 Å². The second-order valence-corrected chi connectivity index (χ2v) is 8.03. The Morgan fingerprint density at radius 2 is 1.72 bits per heavy atom. The third kappa shape index (κ3) is 3.31. The van der Waals surface area contributed by atoms with E-state index in [-0.39, 0.29) is 5.43 Å². The average Bonchev–Trinajstić information content (AvgIpc) is 2.69. The highest BCUT2D eigenvalue weighted by atomic mass is 16.3. The lowest BCUT2D eigenvalue weighted by Gasteiger charge is -2.20. The Hall–Kier alpha value is -3.07. The summed E-state index contributed by atoms with van der Waals surface area (Å²) in [6.45, 7) is 11.3. The van der Waals surface area contributed by atoms with E-state index in [2.05, 4.69) is 69.4 Å². The van der Waals surface area contributed by atoms with Crippen molar-refractivity contribution in [1.82, 2.24) is 0 Å². The summed E-state index contributed by atoms with van der Waals surface area (Å²) in [6.07, 6.45) is 0. The van der Waals surface area contributed by atoms with Gasteiger partial charge in [-0.15, -0.1) is 0 Å². The molecule has 0 unspecified atom stereocenters. The summed E-state index contributed by atoms with van der Waals surface area (Å²) in [5.41, 5.74) is 8.36. The minimum atomic E-state index is 0.00251. The highest BCUT2D eigenvalue weighted by Crippen LogP contribution is 2.43. The molecule has 0 atom stereocenters. The molecular formula is C26H27NO2. The van der Waals surface area contributed by atoms with Crippen LogP contribution in [-0.2, 0) is 0 Å². The Morgan fingerprint density at radius 3 is 2.45 bits per heavy atom. The minimum absolute atomic E-state index is 0.00251. The predicted molar refractivity (Wildman–Crippen MR) is 122 cm³/mol. The molecule has 1 N–H and O–H groups in total. The summed E-state index contributed by atoms with van der Waals surface area (Å²) in [6, 6.07) is 16.4. The van der Waals surface area contributed by atoms with Crippen LogP contribution in [0.4, 0.5) is 5.69 Å². The monoisotopic (exact) mass is 385 g/mol. The Bertz CT molecular complexity index is 1230. The maximum absolute atomic E-state index is 12.3. The van der Waals surface area contributed by atoms with Crippen molar-refractivity contribution >= 4 is 16.7 Å². The second kappa shape index (κ2) is 7.40. The van der Waals surface area contributed by atoms with Gasteiger partial charge in [-0.05, 0) is 61.1 Å². The number of benzene rings is 3. The normalized spacial score (nSPS) is 11.5. The molecule has 1 aliphatic heterocycles. The van der Waals surface area contributed by atoms with Crippen LogP contribution in [0.1, 0.15) is 43.4 Å². The molecule has 148 valence electrons. The topological polar surface area (TPSA) is 42.2 Å². The van der Waals surface area contributed by atoms with Gasteiger partial charge in [0.25, 0.3) is 0 Å². The van der Waals surface area contributed by atoms with Gasteiger partial charge in [0.2, 0.25) is 0 Å². The van der Waals surface area contributed by atoms with E-state index in [4.69, 9.17) is 4.42 Å². The van der Waals surface area contributed by atoms with E-state index < -0.39 is 0 Å². The molecule has 1 heterocycles. The predicted octanol–water partition coefficient (Wildman–Crippen LogP) is 6.74. The second-order valence-electron chi connectivity index (χ2n) is 8.03. The van der Waals surface area contributed by atoms with Crippen molar-refractivity contribution in [2.45, 2.75) is 40.5 Å². The van der Waals surface area contributed by atoms with Gasteiger partial charge in [0.1, 0.15) is 11.3 Å². The molecule has 0 aromatic heterocycles. The van der Waals surface area contributed by atoms with Gasteiger partial charge in [-0.2, -0.15) is 0 Å². The molecule has 0 bridgehead atoms. The summed E-state index contributed by atoms with van der Waals surface area (Å²) in [4.78, 5) is 12.3. The highest BCUT2D eigenvalue weighted by molar-refractivity contribution is 6.04. The standard InChI is InChI=1S/C26H27NO2/c1-6-27-22-13-24-20(11-16(22)4)26(19-10-8-7-9-18(19)15(2)3)21-12-17(5)23(28)14-25(21)29-24/h7-15,27H,6H2,1-5H3. The van der Waals surface area contributed by atoms with Crippen LogP contribution in [-0.4, -0.2) is 6.54 Å². The van der Waals surface area contributed by atoms with Crippen LogP contribution >= 0.6 is 0 Å². The van der Waals surface area contributed by atoms with Crippen molar-refractivity contribution in [3.05, 3.63) is 75.4 Å². The number of fused-ring (bicyclic) bond motifs is 2. The molecule has 0 saturated heterocycles. The fourth-order valence-electron chi connectivity index (χ4n) is 4.08. The van der Waals surface area contributed by atoms with Crippen molar-refractivity contribution in [2.24, 2.45) is 0 Å². The largest absolute Gasteiger partial charge is 0.456 e. The van der Waals surface area contributed by atoms with Gasteiger partial charge in [-0.25, -0.2) is 0 Å². The molecule has 1 aliphatic carbocycles. The van der Waals surface area contributed by atoms with Crippen molar-refractivity contribution in [3.8, 4) is 22.5 Å². The maximum atomic E-state index is 12.3. The number of anilines is 1. The van der Waals surface area contributed by atoms with E-state index >= 15 is 0 Å². The number of aryl methyl sites for hydroxylation is 2. The van der Waals surface area contributed by atoms with Gasteiger partial charge in [0.05, 0.1) is 0 Å². The highest BCUT2D eigenvalue weighted by Gasteiger charge is 2.21. The summed E-state index contributed by atoms with van der Waals surface area (Å²) in [5, 5.41) is 4.48. The number of rotatable bonds is 4. The quantitative estimate of drug-likeness (QED) is 0.396. The zero-order valence-corrected chi connectivity index (χ0v) is 17.7. The van der Waals surface area contributed by atoms with E-state index in [0.717, 1.165) is 39.9 Å². The molecule has 0 spiro atoms. The lowest BCUT2D eigenvalue weighted by atomic mass is 9.86. The Labute approximate surface area is 171 Å². The molecule has 2 aliphatic rings. The van der Waals surface area contributed by atoms with E-state index in [0.29, 0.717) is 11.7 Å². The molecule has 0 amide bonds. The van der Waals surface area contributed by atoms with Crippen LogP contribution < -0.4 is 10.7 Å². The summed E-state index contributed by atoms with van der Waals surface area (Å²) >= 11 is 0. The van der Waals surface area contributed by atoms with E-state index in [1.807, 2.05) is 13.0 Å². The van der Waals surface area contributed by atoms with Gasteiger partial charge < -0.3 is 9.73 Å². The summed E-state index contributed by atoms with van der Waals surface area (Å²) in [5.74, 6) is 1.02. The van der Waals surface area contributed by atoms with Crippen LogP contribution in [0.15, 0.2) is 57.7 Å². The molecule has 4 rings (SSSR count). The van der Waals surface area contributed by atoms with Crippen LogP contribution in [0.3, 0.4) is 0 Å². The molecule has 2 aromatic carbocycles. The van der Waals surface area contributed by atoms with E-state index in [9.17, 15) is 4.79 Å². The first kappa shape index (κ1) is 19.3. The first-order valence-corrected chi connectivity index (χ1v) is 10.3. The average molecular weight is 386 g/mol. The zero-order valence-electron chi connectivity index (χ0n) is 17.7. The van der Waals surface area contributed by atoms with Gasteiger partial charge in [0, 0.05) is 40.9 Å². The first-order valence-electron chi connectivity index (χ1n) is 10.3. The molecule has 3 heteroatoms. The zero-order chi connectivity index (χ0) is 20.7. The Kier molecular flexibility index (Phi) is 4.91. The van der Waals surface area contributed by atoms with E-state index in [1.165, 1.54) is 16.7 Å². The lowest BCUT2D eigenvalue weighted by molar-refractivity contribution is 0.619. The van der Waals surface area contributed by atoms with Gasteiger partial charge in [0.15, 0.2) is 5.43 Å². The molecule has 2 aromatic rings. The summed E-state index contributed by atoms with van der Waals surface area (Å²) in [7, 11) is 0. The van der Waals surface area contributed by atoms with Gasteiger partial charge in [-0.1, -0.05) is 38.1 Å². The molecule has 3 nitrogen and oxygen atoms in total. The number of nitrogens with one attached hydrogen (secondary N) is 1. The van der Waals surface area contributed by atoms with Crippen LogP contribution in [0, 0.1) is 13.8 Å². The molecular weight excluding hydrogens is 358 g/mol. The Morgan fingerprint density at radius 1 is 0.966 bits per heavy atom. The lowest BCUT2D eigenvalue weighted by Crippen LogP contribution is -2.06. The first-order chi connectivity index (χ1) is 13.9. The SMILES string of the molecule is CCNc1cc2oc3cc(=O)c(C)cc-3c(-c3ccccc3C(C)C)c2cc1C. The Balaban J connectivity index is 2.19. The van der Waals surface area contributed by atoms with Crippen molar-refractivity contribution < 1.29 is 4.42 Å². The minimum Gasteiger partial charge on any atom is -0.456 e. The number of hydrogen-bond acceptors (Lipinski definition) is 3. The van der Waals surface area contributed by atoms with Crippen LogP contribution in [0.25, 0.3) is 33.4 Å². The van der Waals surface area contributed by atoms with Crippen LogP contribution in [0.5, 0.6) is 0 Å². The van der Waals surface area contributed by atoms with Crippen LogP contribution in [0.2, 0.25) is 0 Å². The smallest absolute Gasteiger partial charge is 0.185 e.